The highest BCUT2D eigenvalue weighted by molar-refractivity contribution is 5.80. The zero-order valence-corrected chi connectivity index (χ0v) is 14.4. The molecule has 1 saturated heterocycles. The van der Waals surface area contributed by atoms with E-state index in [2.05, 4.69) is 36.9 Å². The van der Waals surface area contributed by atoms with Gasteiger partial charge in [-0.15, -0.1) is 0 Å². The van der Waals surface area contributed by atoms with Crippen molar-refractivity contribution in [1.29, 1.82) is 0 Å². The molecule has 2 aliphatic rings. The number of hydrogen-bond acceptors (Lipinski definition) is 5. The zero-order chi connectivity index (χ0) is 17.3. The monoisotopic (exact) mass is 341 g/mol. The van der Waals surface area contributed by atoms with E-state index in [-0.39, 0.29) is 5.91 Å². The summed E-state index contributed by atoms with van der Waals surface area (Å²) >= 11 is 0. The number of piperidine rings is 1. The van der Waals surface area contributed by atoms with E-state index >= 15 is 0 Å². The number of ether oxygens (including phenoxy) is 1. The first-order valence-electron chi connectivity index (χ1n) is 8.72. The number of rotatable bonds is 3. The van der Waals surface area contributed by atoms with Crippen molar-refractivity contribution in [3.63, 3.8) is 0 Å². The highest BCUT2D eigenvalue weighted by Crippen LogP contribution is 2.40. The van der Waals surface area contributed by atoms with Crippen molar-refractivity contribution < 1.29 is 9.53 Å². The topological polar surface area (TPSA) is 72.3 Å². The number of hydrogen-bond donors (Lipinski definition) is 1. The first kappa shape index (κ1) is 16.2. The van der Waals surface area contributed by atoms with Gasteiger partial charge in [-0.2, -0.15) is 0 Å². The molecule has 2 aromatic heterocycles. The van der Waals surface area contributed by atoms with E-state index in [4.69, 9.17) is 4.74 Å². The Kier molecular flexibility index (Phi) is 4.27. The number of fused-ring (bicyclic) bond motifs is 2. The summed E-state index contributed by atoms with van der Waals surface area (Å²) in [7, 11) is 1.65. The Morgan fingerprint density at radius 2 is 2.08 bits per heavy atom. The van der Waals surface area contributed by atoms with E-state index in [1.54, 1.807) is 13.2 Å². The number of pyridine rings is 1. The lowest BCUT2D eigenvalue weighted by Crippen LogP contribution is -2.53. The van der Waals surface area contributed by atoms with Crippen LogP contribution >= 0.6 is 0 Å². The molecule has 2 aliphatic heterocycles. The van der Waals surface area contributed by atoms with Crippen molar-refractivity contribution in [2.75, 3.05) is 20.1 Å². The van der Waals surface area contributed by atoms with Crippen molar-refractivity contribution >= 4 is 5.91 Å². The molecule has 0 radical (unpaired) electrons. The summed E-state index contributed by atoms with van der Waals surface area (Å²) in [6.45, 7) is 3.26. The van der Waals surface area contributed by atoms with Crippen molar-refractivity contribution in [1.82, 2.24) is 24.8 Å². The average Bonchev–Trinajstić information content (AvgIpc) is 3.13. The molecule has 4 heterocycles. The largest absolute Gasteiger partial charge is 0.357 e. The number of imidazole rings is 1. The third-order valence-electron chi connectivity index (χ3n) is 5.21. The van der Waals surface area contributed by atoms with Gasteiger partial charge in [-0.25, -0.2) is 4.98 Å². The minimum atomic E-state index is -0.465. The van der Waals surface area contributed by atoms with Crippen LogP contribution in [0, 0.1) is 0 Å². The van der Waals surface area contributed by atoms with Crippen LogP contribution in [0.3, 0.4) is 0 Å². The molecule has 0 bridgehead atoms. The molecule has 0 unspecified atom stereocenters. The van der Waals surface area contributed by atoms with Crippen molar-refractivity contribution in [3.05, 3.63) is 48.3 Å². The molecular weight excluding hydrogens is 318 g/mol. The van der Waals surface area contributed by atoms with Gasteiger partial charge in [0.05, 0.1) is 6.54 Å². The Morgan fingerprint density at radius 3 is 2.80 bits per heavy atom. The van der Waals surface area contributed by atoms with Gasteiger partial charge in [0, 0.05) is 51.5 Å². The fourth-order valence-electron chi connectivity index (χ4n) is 3.85. The predicted octanol–water partition coefficient (Wildman–Crippen LogP) is 0.914. The number of carbonyl (C=O) groups is 1. The van der Waals surface area contributed by atoms with E-state index in [1.807, 2.05) is 18.6 Å². The lowest BCUT2D eigenvalue weighted by molar-refractivity contribution is -0.173. The maximum atomic E-state index is 12.1. The fraction of sp³-hybridized carbons (Fsp3) is 0.500. The SMILES string of the molecule is CNC(=O)[C@H]1Cn2ccnc2C2(CCN(Cc3ccncc3)CC2)O1. The van der Waals surface area contributed by atoms with E-state index in [0.717, 1.165) is 38.3 Å². The van der Waals surface area contributed by atoms with Crippen LogP contribution in [0.5, 0.6) is 0 Å². The van der Waals surface area contributed by atoms with Gasteiger partial charge in [0.15, 0.2) is 6.10 Å². The van der Waals surface area contributed by atoms with Gasteiger partial charge < -0.3 is 14.6 Å². The van der Waals surface area contributed by atoms with Crippen LogP contribution < -0.4 is 5.32 Å². The van der Waals surface area contributed by atoms with Crippen LogP contribution in [0.1, 0.15) is 24.2 Å². The smallest absolute Gasteiger partial charge is 0.250 e. The predicted molar refractivity (Wildman–Crippen MR) is 91.6 cm³/mol. The Balaban J connectivity index is 1.50. The molecule has 1 amide bonds. The maximum absolute atomic E-state index is 12.1. The van der Waals surface area contributed by atoms with Crippen molar-refractivity contribution in [3.8, 4) is 0 Å². The number of likely N-dealkylation sites (tertiary alicyclic amines) is 1. The molecule has 1 fully saturated rings. The minimum Gasteiger partial charge on any atom is -0.357 e. The van der Waals surface area contributed by atoms with Gasteiger partial charge in [-0.1, -0.05) is 0 Å². The molecule has 7 nitrogen and oxygen atoms in total. The first-order valence-corrected chi connectivity index (χ1v) is 8.72. The number of nitrogens with zero attached hydrogens (tertiary/aromatic N) is 4. The Labute approximate surface area is 147 Å². The Morgan fingerprint density at radius 1 is 1.32 bits per heavy atom. The van der Waals surface area contributed by atoms with Crippen molar-refractivity contribution in [2.45, 2.75) is 37.6 Å². The molecule has 132 valence electrons. The molecule has 0 aliphatic carbocycles. The summed E-state index contributed by atoms with van der Waals surface area (Å²) in [6.07, 6.45) is 8.62. The third-order valence-corrected chi connectivity index (χ3v) is 5.21. The summed E-state index contributed by atoms with van der Waals surface area (Å²) < 4.78 is 8.39. The van der Waals surface area contributed by atoms with Crippen LogP contribution in [0.15, 0.2) is 36.9 Å². The van der Waals surface area contributed by atoms with E-state index in [9.17, 15) is 4.79 Å². The number of amides is 1. The minimum absolute atomic E-state index is 0.0714. The van der Waals surface area contributed by atoms with Gasteiger partial charge in [-0.05, 0) is 30.5 Å². The average molecular weight is 341 g/mol. The molecule has 1 N–H and O–H groups in total. The maximum Gasteiger partial charge on any atom is 0.250 e. The van der Waals surface area contributed by atoms with Crippen LogP contribution in [-0.4, -0.2) is 51.6 Å². The first-order chi connectivity index (χ1) is 12.2. The quantitative estimate of drug-likeness (QED) is 0.899. The van der Waals surface area contributed by atoms with Crippen LogP contribution in [0.2, 0.25) is 0 Å². The highest BCUT2D eigenvalue weighted by Gasteiger charge is 2.46. The standard InChI is InChI=1S/C18H23N5O2/c1-19-16(24)15-13-23-11-8-21-17(23)18(25-15)4-9-22(10-5-18)12-14-2-6-20-7-3-14/h2-3,6-8,11,15H,4-5,9-10,12-13H2,1H3,(H,19,24)/t15-/m1/s1. The summed E-state index contributed by atoms with van der Waals surface area (Å²) in [4.78, 5) is 23.2. The van der Waals surface area contributed by atoms with E-state index in [1.165, 1.54) is 5.56 Å². The third kappa shape index (κ3) is 3.05. The lowest BCUT2D eigenvalue weighted by Gasteiger charge is -2.45. The van der Waals surface area contributed by atoms with Crippen LogP contribution in [-0.2, 0) is 28.2 Å². The van der Waals surface area contributed by atoms with E-state index < -0.39 is 11.7 Å². The summed E-state index contributed by atoms with van der Waals surface area (Å²) in [5.41, 5.74) is 0.800. The second kappa shape index (κ2) is 6.57. The summed E-state index contributed by atoms with van der Waals surface area (Å²) in [5.74, 6) is 0.883. The second-order valence-electron chi connectivity index (χ2n) is 6.75. The fourth-order valence-corrected chi connectivity index (χ4v) is 3.85. The van der Waals surface area contributed by atoms with Gasteiger partial charge in [-0.3, -0.25) is 14.7 Å². The molecule has 2 aromatic rings. The molecule has 1 spiro atoms. The lowest BCUT2D eigenvalue weighted by atomic mass is 9.88. The molecule has 7 heteroatoms. The molecule has 4 rings (SSSR count). The highest BCUT2D eigenvalue weighted by atomic mass is 16.5. The van der Waals surface area contributed by atoms with Gasteiger partial charge in [0.25, 0.3) is 5.91 Å². The Hall–Kier alpha value is -2.25. The molecule has 1 atom stereocenters. The van der Waals surface area contributed by atoms with Gasteiger partial charge in [0.1, 0.15) is 11.4 Å². The molecule has 0 saturated carbocycles. The number of aromatic nitrogens is 3. The molecular formula is C18H23N5O2. The Bertz CT molecular complexity index is 737. The normalized spacial score (nSPS) is 22.5. The number of carbonyl (C=O) groups excluding carboxylic acids is 1. The van der Waals surface area contributed by atoms with Crippen molar-refractivity contribution in [2.24, 2.45) is 0 Å². The van der Waals surface area contributed by atoms with Crippen LogP contribution in [0.25, 0.3) is 0 Å². The number of nitrogens with one attached hydrogen (secondary N) is 1. The zero-order valence-electron chi connectivity index (χ0n) is 14.4. The molecule has 0 aromatic carbocycles. The van der Waals surface area contributed by atoms with Gasteiger partial charge in [0.2, 0.25) is 0 Å². The van der Waals surface area contributed by atoms with Gasteiger partial charge >= 0.3 is 0 Å². The molecule has 25 heavy (non-hydrogen) atoms. The second-order valence-corrected chi connectivity index (χ2v) is 6.75. The van der Waals surface area contributed by atoms with Crippen LogP contribution in [0.4, 0.5) is 0 Å². The summed E-state index contributed by atoms with van der Waals surface area (Å²) in [5, 5.41) is 2.71. The number of likely N-dealkylation sites (N-methyl/N-ethyl adjacent to an activating group) is 1. The van der Waals surface area contributed by atoms with E-state index in [0.29, 0.717) is 6.54 Å². The summed E-state index contributed by atoms with van der Waals surface area (Å²) in [6, 6.07) is 4.10.